The maximum absolute atomic E-state index is 11.7. The van der Waals surface area contributed by atoms with Crippen molar-refractivity contribution < 1.29 is 15.3 Å². The zero-order chi connectivity index (χ0) is 12.5. The van der Waals surface area contributed by atoms with Gasteiger partial charge in [0.05, 0.1) is 19.3 Å². The molecule has 0 unspecified atom stereocenters. The Hall–Kier alpha value is -1.95. The van der Waals surface area contributed by atoms with E-state index in [1.165, 1.54) is 0 Å². The molecule has 0 atom stereocenters. The first-order valence-corrected chi connectivity index (χ1v) is 5.49. The van der Waals surface area contributed by atoms with Gasteiger partial charge in [-0.3, -0.25) is 9.78 Å². The van der Waals surface area contributed by atoms with Crippen molar-refractivity contribution in [1.82, 2.24) is 10.3 Å². The van der Waals surface area contributed by atoms with Crippen LogP contribution >= 0.6 is 0 Å². The predicted octanol–water partition coefficient (Wildman–Crippen LogP) is -1.04. The van der Waals surface area contributed by atoms with Crippen molar-refractivity contribution in [3.05, 3.63) is 30.1 Å². The molecule has 1 heterocycles. The third-order valence-electron chi connectivity index (χ3n) is 2.18. The molecule has 0 aliphatic heterocycles. The van der Waals surface area contributed by atoms with Crippen LogP contribution < -0.4 is 10.6 Å². The van der Waals surface area contributed by atoms with E-state index in [4.69, 9.17) is 5.21 Å². The normalized spacial score (nSPS) is 11.2. The number of amides is 1. The van der Waals surface area contributed by atoms with Gasteiger partial charge in [-0.05, 0) is 12.1 Å². The van der Waals surface area contributed by atoms with E-state index in [1.807, 2.05) is 12.4 Å². The molecular formula is C11H17N4O2+. The molecule has 0 fully saturated rings. The molecule has 4 N–H and O–H groups in total. The number of quaternary nitrogens is 1. The van der Waals surface area contributed by atoms with Crippen LogP contribution in [0.25, 0.3) is 0 Å². The number of nitrogens with two attached hydrogens (primary N) is 1. The second kappa shape index (κ2) is 7.34. The number of rotatable bonds is 6. The van der Waals surface area contributed by atoms with Gasteiger partial charge in [0.25, 0.3) is 5.91 Å². The molecule has 0 spiro atoms. The van der Waals surface area contributed by atoms with Crippen molar-refractivity contribution in [2.75, 3.05) is 20.1 Å². The summed E-state index contributed by atoms with van der Waals surface area (Å²) in [7, 11) is 1.97. The van der Waals surface area contributed by atoms with E-state index < -0.39 is 5.91 Å². The molecule has 92 valence electrons. The molecule has 0 aliphatic carbocycles. The van der Waals surface area contributed by atoms with Gasteiger partial charge in [0.2, 0.25) is 0 Å². The highest BCUT2D eigenvalue weighted by Gasteiger charge is 2.14. The van der Waals surface area contributed by atoms with Crippen molar-refractivity contribution >= 4 is 11.6 Å². The number of hydrogen-bond donors (Lipinski definition) is 3. The average Bonchev–Trinajstić information content (AvgIpc) is 2.37. The summed E-state index contributed by atoms with van der Waals surface area (Å²) >= 11 is 0. The predicted molar refractivity (Wildman–Crippen MR) is 62.9 cm³/mol. The van der Waals surface area contributed by atoms with E-state index >= 15 is 0 Å². The van der Waals surface area contributed by atoms with Crippen LogP contribution in [0.3, 0.4) is 0 Å². The molecule has 0 bridgehead atoms. The van der Waals surface area contributed by atoms with Gasteiger partial charge in [0.1, 0.15) is 0 Å². The maximum Gasteiger partial charge on any atom is 0.275 e. The average molecular weight is 237 g/mol. The lowest BCUT2D eigenvalue weighted by Gasteiger charge is -2.05. The highest BCUT2D eigenvalue weighted by Crippen LogP contribution is 1.96. The van der Waals surface area contributed by atoms with Gasteiger partial charge in [-0.15, -0.1) is 0 Å². The van der Waals surface area contributed by atoms with Crippen molar-refractivity contribution in [3.8, 4) is 0 Å². The maximum atomic E-state index is 11.7. The number of pyridine rings is 1. The first-order valence-electron chi connectivity index (χ1n) is 5.49. The molecule has 0 radical (unpaired) electrons. The number of hydrogen-bond acceptors (Lipinski definition) is 4. The van der Waals surface area contributed by atoms with E-state index in [-0.39, 0.29) is 5.71 Å². The van der Waals surface area contributed by atoms with Crippen LogP contribution in [0.1, 0.15) is 12.1 Å². The molecule has 1 aromatic heterocycles. The van der Waals surface area contributed by atoms with Gasteiger partial charge in [-0.1, -0.05) is 11.2 Å². The Balaban J connectivity index is 2.55. The third kappa shape index (κ3) is 4.20. The minimum atomic E-state index is -0.415. The zero-order valence-corrected chi connectivity index (χ0v) is 9.76. The quantitative estimate of drug-likeness (QED) is 0.255. The summed E-state index contributed by atoms with van der Waals surface area (Å²) in [6, 6.07) is 5.08. The largest absolute Gasteiger partial charge is 0.410 e. The summed E-state index contributed by atoms with van der Waals surface area (Å²) in [5.41, 5.74) is 0.292. The monoisotopic (exact) mass is 237 g/mol. The van der Waals surface area contributed by atoms with Crippen molar-refractivity contribution in [2.24, 2.45) is 5.16 Å². The van der Waals surface area contributed by atoms with E-state index in [2.05, 4.69) is 15.5 Å². The number of nitrogens with zero attached hydrogens (tertiary/aromatic N) is 2. The van der Waals surface area contributed by atoms with E-state index in [0.29, 0.717) is 12.2 Å². The van der Waals surface area contributed by atoms with Crippen molar-refractivity contribution in [1.29, 1.82) is 0 Å². The number of aromatic nitrogens is 1. The number of carbonyl (C=O) groups excluding carboxylic acids is 1. The Labute approximate surface area is 99.7 Å². The molecule has 6 heteroatoms. The molecule has 1 rings (SSSR count). The van der Waals surface area contributed by atoms with Crippen molar-refractivity contribution in [3.63, 3.8) is 0 Å². The van der Waals surface area contributed by atoms with Gasteiger partial charge in [-0.2, -0.15) is 0 Å². The lowest BCUT2D eigenvalue weighted by molar-refractivity contribution is -0.626. The molecule has 0 saturated heterocycles. The molecule has 6 nitrogen and oxygen atoms in total. The first kappa shape index (κ1) is 13.1. The Morgan fingerprint density at radius 3 is 3.00 bits per heavy atom. The fourth-order valence-corrected chi connectivity index (χ4v) is 1.31. The summed E-state index contributed by atoms with van der Waals surface area (Å²) < 4.78 is 0. The molecule has 0 aromatic carbocycles. The van der Waals surface area contributed by atoms with Crippen molar-refractivity contribution in [2.45, 2.75) is 6.42 Å². The minimum absolute atomic E-state index is 0.0638. The second-order valence-electron chi connectivity index (χ2n) is 3.47. The van der Waals surface area contributed by atoms with E-state index in [0.717, 1.165) is 13.0 Å². The van der Waals surface area contributed by atoms with Gasteiger partial charge >= 0.3 is 0 Å². The molecule has 0 aliphatic rings. The van der Waals surface area contributed by atoms with E-state index in [9.17, 15) is 4.79 Å². The fourth-order valence-electron chi connectivity index (χ4n) is 1.31. The molecule has 1 aromatic rings. The lowest BCUT2D eigenvalue weighted by Crippen LogP contribution is -2.79. The molecule has 17 heavy (non-hydrogen) atoms. The third-order valence-corrected chi connectivity index (χ3v) is 2.18. The smallest absolute Gasteiger partial charge is 0.275 e. The highest BCUT2D eigenvalue weighted by atomic mass is 16.4. The zero-order valence-electron chi connectivity index (χ0n) is 9.76. The van der Waals surface area contributed by atoms with Crippen LogP contribution in [-0.2, 0) is 4.79 Å². The van der Waals surface area contributed by atoms with Crippen LogP contribution in [0.4, 0.5) is 0 Å². The topological polar surface area (TPSA) is 91.2 Å². The van der Waals surface area contributed by atoms with Gasteiger partial charge in [-0.25, -0.2) is 0 Å². The molecule has 0 saturated carbocycles. The Morgan fingerprint density at radius 1 is 1.59 bits per heavy atom. The first-order chi connectivity index (χ1) is 8.29. The molecule has 1 amide bonds. The molecular weight excluding hydrogens is 220 g/mol. The summed E-state index contributed by atoms with van der Waals surface area (Å²) in [6.07, 6.45) is 2.41. The summed E-state index contributed by atoms with van der Waals surface area (Å²) in [4.78, 5) is 15.6. The Bertz CT molecular complexity index is 378. The second-order valence-corrected chi connectivity index (χ2v) is 3.47. The summed E-state index contributed by atoms with van der Waals surface area (Å²) in [5.74, 6) is -0.415. The van der Waals surface area contributed by atoms with Crippen LogP contribution in [-0.4, -0.2) is 41.9 Å². The van der Waals surface area contributed by atoms with Crippen LogP contribution in [0.5, 0.6) is 0 Å². The standard InChI is InChI=1S/C11H16N4O2/c1-12-6-4-8-14-11(16)10(15-17)9-5-2-3-7-13-9/h2-3,5,7,12,17H,4,6,8H2,1H3,(H,14,16)/p+1/b15-10-. The lowest BCUT2D eigenvalue weighted by atomic mass is 10.2. The van der Waals surface area contributed by atoms with Crippen LogP contribution in [0, 0.1) is 0 Å². The number of oxime groups is 1. The summed E-state index contributed by atoms with van der Waals surface area (Å²) in [5, 5.41) is 16.5. The SMILES string of the molecule is C[NH2+]CCCNC(=O)/C(=N\O)c1ccccn1. The Kier molecular flexibility index (Phi) is 5.67. The van der Waals surface area contributed by atoms with Crippen LogP contribution in [0.2, 0.25) is 0 Å². The van der Waals surface area contributed by atoms with Gasteiger partial charge in [0.15, 0.2) is 5.71 Å². The number of nitrogens with one attached hydrogen (secondary N) is 1. The summed E-state index contributed by atoms with van der Waals surface area (Å²) in [6.45, 7) is 1.49. The van der Waals surface area contributed by atoms with E-state index in [1.54, 1.807) is 24.4 Å². The van der Waals surface area contributed by atoms with Crippen LogP contribution in [0.15, 0.2) is 29.6 Å². The minimum Gasteiger partial charge on any atom is -0.410 e. The number of carbonyl (C=O) groups is 1. The van der Waals surface area contributed by atoms with Gasteiger partial charge < -0.3 is 15.8 Å². The highest BCUT2D eigenvalue weighted by molar-refractivity contribution is 6.44. The Morgan fingerprint density at radius 2 is 2.41 bits per heavy atom. The fraction of sp³-hybridized carbons (Fsp3) is 0.364. The van der Waals surface area contributed by atoms with Gasteiger partial charge in [0, 0.05) is 19.2 Å².